The van der Waals surface area contributed by atoms with E-state index in [1.165, 1.54) is 18.2 Å². The maximum atomic E-state index is 12.1. The standard InChI is InChI=1S/C14H17F3O3/c1-3-19-12-6-5-10(9-13(12)20-4-2)11(18)7-8-14(15,16)17/h5-6,9H,3-4,7-8H2,1-2H3. The lowest BCUT2D eigenvalue weighted by molar-refractivity contribution is -0.133. The van der Waals surface area contributed by atoms with Gasteiger partial charge in [-0.25, -0.2) is 0 Å². The van der Waals surface area contributed by atoms with Gasteiger partial charge < -0.3 is 9.47 Å². The molecule has 0 spiro atoms. The Bertz CT molecular complexity index is 455. The van der Waals surface area contributed by atoms with Crippen LogP contribution in [-0.4, -0.2) is 25.2 Å². The molecule has 0 heterocycles. The first-order chi connectivity index (χ1) is 9.37. The minimum absolute atomic E-state index is 0.196. The Balaban J connectivity index is 2.85. The maximum Gasteiger partial charge on any atom is 0.389 e. The highest BCUT2D eigenvalue weighted by Gasteiger charge is 2.28. The number of hydrogen-bond acceptors (Lipinski definition) is 3. The van der Waals surface area contributed by atoms with E-state index in [2.05, 4.69) is 0 Å². The van der Waals surface area contributed by atoms with E-state index in [4.69, 9.17) is 9.47 Å². The largest absolute Gasteiger partial charge is 0.490 e. The summed E-state index contributed by atoms with van der Waals surface area (Å²) in [6.45, 7) is 4.38. The van der Waals surface area contributed by atoms with Crippen LogP contribution in [0.4, 0.5) is 13.2 Å². The van der Waals surface area contributed by atoms with Gasteiger partial charge in [0, 0.05) is 12.0 Å². The second-order valence-corrected chi connectivity index (χ2v) is 4.07. The van der Waals surface area contributed by atoms with Gasteiger partial charge in [0.2, 0.25) is 0 Å². The van der Waals surface area contributed by atoms with Crippen molar-refractivity contribution in [2.45, 2.75) is 32.9 Å². The normalized spacial score (nSPS) is 11.2. The molecule has 0 atom stereocenters. The number of carbonyl (C=O) groups excluding carboxylic acids is 1. The lowest BCUT2D eigenvalue weighted by atomic mass is 10.1. The van der Waals surface area contributed by atoms with Gasteiger partial charge in [0.1, 0.15) is 0 Å². The number of carbonyl (C=O) groups is 1. The Morgan fingerprint density at radius 1 is 1.10 bits per heavy atom. The third kappa shape index (κ3) is 5.11. The summed E-state index contributed by atoms with van der Waals surface area (Å²) >= 11 is 0. The molecule has 0 amide bonds. The summed E-state index contributed by atoms with van der Waals surface area (Å²) in [5.41, 5.74) is 0.196. The first-order valence-corrected chi connectivity index (χ1v) is 6.37. The quantitative estimate of drug-likeness (QED) is 0.712. The van der Waals surface area contributed by atoms with Gasteiger partial charge in [-0.2, -0.15) is 13.2 Å². The van der Waals surface area contributed by atoms with Gasteiger partial charge in [-0.15, -0.1) is 0 Å². The van der Waals surface area contributed by atoms with E-state index >= 15 is 0 Å². The van der Waals surface area contributed by atoms with Crippen molar-refractivity contribution in [1.82, 2.24) is 0 Å². The fourth-order valence-corrected chi connectivity index (χ4v) is 1.62. The lowest BCUT2D eigenvalue weighted by Crippen LogP contribution is -2.11. The second-order valence-electron chi connectivity index (χ2n) is 4.07. The van der Waals surface area contributed by atoms with Gasteiger partial charge in [0.25, 0.3) is 0 Å². The van der Waals surface area contributed by atoms with Crippen molar-refractivity contribution in [3.8, 4) is 11.5 Å². The zero-order valence-corrected chi connectivity index (χ0v) is 11.4. The summed E-state index contributed by atoms with van der Waals surface area (Å²) in [7, 11) is 0. The van der Waals surface area contributed by atoms with Gasteiger partial charge >= 0.3 is 6.18 Å². The minimum Gasteiger partial charge on any atom is -0.490 e. The monoisotopic (exact) mass is 290 g/mol. The molecule has 3 nitrogen and oxygen atoms in total. The van der Waals surface area contributed by atoms with Gasteiger partial charge in [-0.3, -0.25) is 4.79 Å². The lowest BCUT2D eigenvalue weighted by Gasteiger charge is -2.12. The topological polar surface area (TPSA) is 35.5 Å². The molecule has 0 aliphatic rings. The van der Waals surface area contributed by atoms with Crippen LogP contribution in [0.25, 0.3) is 0 Å². The average Bonchev–Trinajstić information content (AvgIpc) is 2.37. The number of hydrogen-bond donors (Lipinski definition) is 0. The van der Waals surface area contributed by atoms with Crippen LogP contribution in [0, 0.1) is 0 Å². The Kier molecular flexibility index (Phi) is 5.85. The summed E-state index contributed by atoms with van der Waals surface area (Å²) in [6, 6.07) is 4.41. The molecule has 1 rings (SSSR count). The summed E-state index contributed by atoms with van der Waals surface area (Å²) in [5.74, 6) is 0.278. The molecule has 0 unspecified atom stereocenters. The number of halogens is 3. The van der Waals surface area contributed by atoms with Gasteiger partial charge in [-0.05, 0) is 32.0 Å². The van der Waals surface area contributed by atoms with Gasteiger partial charge in [-0.1, -0.05) is 0 Å². The van der Waals surface area contributed by atoms with Crippen LogP contribution >= 0.6 is 0 Å². The van der Waals surface area contributed by atoms with Crippen LogP contribution in [0.1, 0.15) is 37.0 Å². The van der Waals surface area contributed by atoms with E-state index in [-0.39, 0.29) is 5.56 Å². The van der Waals surface area contributed by atoms with Crippen molar-refractivity contribution in [3.63, 3.8) is 0 Å². The SMILES string of the molecule is CCOc1ccc(C(=O)CCC(F)(F)F)cc1OCC. The van der Waals surface area contributed by atoms with E-state index in [0.29, 0.717) is 24.7 Å². The predicted octanol–water partition coefficient (Wildman–Crippen LogP) is 4.01. The van der Waals surface area contributed by atoms with Crippen LogP contribution in [-0.2, 0) is 0 Å². The molecule has 112 valence electrons. The highest BCUT2D eigenvalue weighted by Crippen LogP contribution is 2.30. The molecule has 0 saturated carbocycles. The summed E-state index contributed by atoms with van der Waals surface area (Å²) in [6.07, 6.45) is -6.02. The molecule has 20 heavy (non-hydrogen) atoms. The highest BCUT2D eigenvalue weighted by atomic mass is 19.4. The molecule has 1 aromatic rings. The number of benzene rings is 1. The molecule has 0 aliphatic carbocycles. The van der Waals surface area contributed by atoms with Crippen LogP contribution in [0.2, 0.25) is 0 Å². The molecule has 0 bridgehead atoms. The number of Topliss-reactive ketones (excluding diaryl/α,β-unsaturated/α-hetero) is 1. The molecular weight excluding hydrogens is 273 g/mol. The molecule has 1 aromatic carbocycles. The van der Waals surface area contributed by atoms with Gasteiger partial charge in [0.05, 0.1) is 19.6 Å². The Morgan fingerprint density at radius 2 is 1.70 bits per heavy atom. The minimum atomic E-state index is -4.33. The van der Waals surface area contributed by atoms with E-state index in [1.807, 2.05) is 0 Å². The first-order valence-electron chi connectivity index (χ1n) is 6.37. The van der Waals surface area contributed by atoms with Crippen LogP contribution in [0.15, 0.2) is 18.2 Å². The Hall–Kier alpha value is -1.72. The third-order valence-electron chi connectivity index (χ3n) is 2.50. The van der Waals surface area contributed by atoms with E-state index in [1.54, 1.807) is 13.8 Å². The number of ether oxygens (including phenoxy) is 2. The molecule has 0 fully saturated rings. The number of ketones is 1. The molecular formula is C14H17F3O3. The van der Waals surface area contributed by atoms with Crippen molar-refractivity contribution in [1.29, 1.82) is 0 Å². The average molecular weight is 290 g/mol. The van der Waals surface area contributed by atoms with Crippen molar-refractivity contribution in [2.24, 2.45) is 0 Å². The van der Waals surface area contributed by atoms with Crippen molar-refractivity contribution in [2.75, 3.05) is 13.2 Å². The Labute approximate surface area is 115 Å². The predicted molar refractivity (Wildman–Crippen MR) is 68.4 cm³/mol. The fraction of sp³-hybridized carbons (Fsp3) is 0.500. The summed E-state index contributed by atoms with van der Waals surface area (Å²) in [4.78, 5) is 11.7. The van der Waals surface area contributed by atoms with E-state index in [9.17, 15) is 18.0 Å². The third-order valence-corrected chi connectivity index (χ3v) is 2.50. The van der Waals surface area contributed by atoms with E-state index in [0.717, 1.165) is 0 Å². The number of rotatable bonds is 7. The summed E-state index contributed by atoms with van der Waals surface area (Å²) < 4.78 is 46.9. The molecule has 0 aliphatic heterocycles. The smallest absolute Gasteiger partial charge is 0.389 e. The highest BCUT2D eigenvalue weighted by molar-refractivity contribution is 5.96. The van der Waals surface area contributed by atoms with Gasteiger partial charge in [0.15, 0.2) is 17.3 Å². The van der Waals surface area contributed by atoms with E-state index < -0.39 is 24.8 Å². The van der Waals surface area contributed by atoms with Crippen molar-refractivity contribution >= 4 is 5.78 Å². The Morgan fingerprint density at radius 3 is 2.25 bits per heavy atom. The first kappa shape index (κ1) is 16.3. The molecule has 0 saturated heterocycles. The zero-order chi connectivity index (χ0) is 15.2. The molecule has 0 N–H and O–H groups in total. The van der Waals surface area contributed by atoms with Crippen molar-refractivity contribution < 1.29 is 27.4 Å². The molecule has 0 aromatic heterocycles. The maximum absolute atomic E-state index is 12.1. The summed E-state index contributed by atoms with van der Waals surface area (Å²) in [5, 5.41) is 0. The van der Waals surface area contributed by atoms with Crippen LogP contribution in [0.3, 0.4) is 0 Å². The second kappa shape index (κ2) is 7.17. The molecule has 6 heteroatoms. The van der Waals surface area contributed by atoms with Crippen LogP contribution < -0.4 is 9.47 Å². The fourth-order valence-electron chi connectivity index (χ4n) is 1.62. The zero-order valence-electron chi connectivity index (χ0n) is 11.4. The van der Waals surface area contributed by atoms with Crippen molar-refractivity contribution in [3.05, 3.63) is 23.8 Å². The van der Waals surface area contributed by atoms with Crippen LogP contribution in [0.5, 0.6) is 11.5 Å². The molecule has 0 radical (unpaired) electrons. The number of alkyl halides is 3.